The molecule has 0 aliphatic heterocycles. The van der Waals surface area contributed by atoms with Crippen molar-refractivity contribution in [2.45, 2.75) is 32.1 Å². The molecule has 0 fully saturated rings. The van der Waals surface area contributed by atoms with Crippen LogP contribution in [0.1, 0.15) is 32.0 Å². The van der Waals surface area contributed by atoms with Gasteiger partial charge in [0.15, 0.2) is 5.13 Å². The van der Waals surface area contributed by atoms with Crippen molar-refractivity contribution in [1.29, 1.82) is 0 Å². The summed E-state index contributed by atoms with van der Waals surface area (Å²) in [7, 11) is 0. The standard InChI is InChI=1S/C14H17ClN2S/c1-14(2,3)10-4-6-11(7-5-10)16-13-17-12(8-15)9-18-13/h4-7,9H,8H2,1-3H3,(H,16,17). The molecule has 2 nitrogen and oxygen atoms in total. The van der Waals surface area contributed by atoms with Crippen molar-refractivity contribution in [3.63, 3.8) is 0 Å². The van der Waals surface area contributed by atoms with Crippen LogP contribution in [0.15, 0.2) is 29.6 Å². The number of rotatable bonds is 3. The Kier molecular flexibility index (Phi) is 3.93. The van der Waals surface area contributed by atoms with Crippen molar-refractivity contribution in [2.24, 2.45) is 0 Å². The molecule has 4 heteroatoms. The zero-order chi connectivity index (χ0) is 13.2. The zero-order valence-corrected chi connectivity index (χ0v) is 12.4. The minimum absolute atomic E-state index is 0.186. The second kappa shape index (κ2) is 5.29. The van der Waals surface area contributed by atoms with E-state index in [0.717, 1.165) is 16.5 Å². The Balaban J connectivity index is 2.11. The van der Waals surface area contributed by atoms with Crippen LogP contribution in [0.2, 0.25) is 0 Å². The lowest BCUT2D eigenvalue weighted by atomic mass is 9.87. The third-order valence-electron chi connectivity index (χ3n) is 2.69. The van der Waals surface area contributed by atoms with Gasteiger partial charge in [-0.25, -0.2) is 4.98 Å². The van der Waals surface area contributed by atoms with Crippen LogP contribution in [0.5, 0.6) is 0 Å². The van der Waals surface area contributed by atoms with E-state index in [1.54, 1.807) is 11.3 Å². The summed E-state index contributed by atoms with van der Waals surface area (Å²) >= 11 is 7.30. The van der Waals surface area contributed by atoms with Gasteiger partial charge in [0.2, 0.25) is 0 Å². The Labute approximate surface area is 117 Å². The Morgan fingerprint density at radius 1 is 1.22 bits per heavy atom. The second-order valence-corrected chi connectivity index (χ2v) is 6.36. The number of aromatic nitrogens is 1. The SMILES string of the molecule is CC(C)(C)c1ccc(Nc2nc(CCl)cs2)cc1. The quantitative estimate of drug-likeness (QED) is 0.807. The van der Waals surface area contributed by atoms with E-state index in [1.165, 1.54) is 5.56 Å². The van der Waals surface area contributed by atoms with Crippen molar-refractivity contribution in [2.75, 3.05) is 5.32 Å². The second-order valence-electron chi connectivity index (χ2n) is 5.23. The molecule has 96 valence electrons. The number of halogens is 1. The van der Waals surface area contributed by atoms with Crippen LogP contribution in [-0.4, -0.2) is 4.98 Å². The highest BCUT2D eigenvalue weighted by molar-refractivity contribution is 7.13. The molecular formula is C14H17ClN2S. The van der Waals surface area contributed by atoms with E-state index in [4.69, 9.17) is 11.6 Å². The fourth-order valence-corrected chi connectivity index (χ4v) is 2.56. The van der Waals surface area contributed by atoms with E-state index >= 15 is 0 Å². The minimum Gasteiger partial charge on any atom is -0.332 e. The van der Waals surface area contributed by atoms with Crippen LogP contribution in [0.4, 0.5) is 10.8 Å². The Hall–Kier alpha value is -1.06. The minimum atomic E-state index is 0.186. The van der Waals surface area contributed by atoms with Gasteiger partial charge in [0, 0.05) is 11.1 Å². The van der Waals surface area contributed by atoms with Gasteiger partial charge in [0.05, 0.1) is 11.6 Å². The molecule has 0 unspecified atom stereocenters. The van der Waals surface area contributed by atoms with Gasteiger partial charge in [-0.1, -0.05) is 32.9 Å². The molecule has 0 saturated heterocycles. The molecule has 0 atom stereocenters. The van der Waals surface area contributed by atoms with Crippen LogP contribution in [-0.2, 0) is 11.3 Å². The fraction of sp³-hybridized carbons (Fsp3) is 0.357. The molecule has 0 aliphatic carbocycles. The topological polar surface area (TPSA) is 24.9 Å². The lowest BCUT2D eigenvalue weighted by molar-refractivity contribution is 0.590. The lowest BCUT2D eigenvalue weighted by Crippen LogP contribution is -2.10. The Morgan fingerprint density at radius 3 is 2.39 bits per heavy atom. The van der Waals surface area contributed by atoms with E-state index in [0.29, 0.717) is 5.88 Å². The summed E-state index contributed by atoms with van der Waals surface area (Å²) in [6.07, 6.45) is 0. The molecule has 0 spiro atoms. The summed E-state index contributed by atoms with van der Waals surface area (Å²) in [5.41, 5.74) is 3.48. The molecular weight excluding hydrogens is 264 g/mol. The molecule has 1 aromatic carbocycles. The predicted octanol–water partition coefficient (Wildman–Crippen LogP) is 4.92. The van der Waals surface area contributed by atoms with Gasteiger partial charge in [-0.05, 0) is 23.1 Å². The number of nitrogens with one attached hydrogen (secondary N) is 1. The van der Waals surface area contributed by atoms with E-state index in [1.807, 2.05) is 5.38 Å². The maximum absolute atomic E-state index is 5.73. The van der Waals surface area contributed by atoms with E-state index in [-0.39, 0.29) is 5.41 Å². The van der Waals surface area contributed by atoms with Gasteiger partial charge < -0.3 is 5.32 Å². The first kappa shape index (κ1) is 13.4. The third-order valence-corrected chi connectivity index (χ3v) is 3.77. The van der Waals surface area contributed by atoms with Crippen molar-refractivity contribution < 1.29 is 0 Å². The smallest absolute Gasteiger partial charge is 0.187 e. The van der Waals surface area contributed by atoms with Crippen LogP contribution in [0.25, 0.3) is 0 Å². The van der Waals surface area contributed by atoms with Gasteiger partial charge in [0.1, 0.15) is 0 Å². The monoisotopic (exact) mass is 280 g/mol. The molecule has 2 rings (SSSR count). The summed E-state index contributed by atoms with van der Waals surface area (Å²) in [5.74, 6) is 0.459. The highest BCUT2D eigenvalue weighted by Crippen LogP contribution is 2.26. The largest absolute Gasteiger partial charge is 0.332 e. The van der Waals surface area contributed by atoms with Gasteiger partial charge in [0.25, 0.3) is 0 Å². The molecule has 18 heavy (non-hydrogen) atoms. The van der Waals surface area contributed by atoms with Crippen molar-refractivity contribution in [1.82, 2.24) is 4.98 Å². The fourth-order valence-electron chi connectivity index (χ4n) is 1.60. The van der Waals surface area contributed by atoms with Gasteiger partial charge in [-0.2, -0.15) is 0 Å². The first-order chi connectivity index (χ1) is 8.49. The highest BCUT2D eigenvalue weighted by Gasteiger charge is 2.12. The average molecular weight is 281 g/mol. The Bertz CT molecular complexity index is 511. The summed E-state index contributed by atoms with van der Waals surface area (Å²) in [5, 5.41) is 6.14. The summed E-state index contributed by atoms with van der Waals surface area (Å²) in [6.45, 7) is 6.63. The third kappa shape index (κ3) is 3.24. The molecule has 1 N–H and O–H groups in total. The van der Waals surface area contributed by atoms with Crippen molar-refractivity contribution in [3.8, 4) is 0 Å². The highest BCUT2D eigenvalue weighted by atomic mass is 35.5. The first-order valence-corrected chi connectivity index (χ1v) is 7.28. The molecule has 0 aliphatic rings. The number of thiazole rings is 1. The van der Waals surface area contributed by atoms with Crippen LogP contribution in [0.3, 0.4) is 0 Å². The molecule has 0 bridgehead atoms. The number of benzene rings is 1. The van der Waals surface area contributed by atoms with E-state index in [2.05, 4.69) is 55.3 Å². The average Bonchev–Trinajstić information content (AvgIpc) is 2.76. The molecule has 2 aromatic rings. The van der Waals surface area contributed by atoms with Crippen LogP contribution in [0, 0.1) is 0 Å². The molecule has 0 radical (unpaired) electrons. The number of hydrogen-bond acceptors (Lipinski definition) is 3. The summed E-state index contributed by atoms with van der Waals surface area (Å²) in [4.78, 5) is 4.37. The van der Waals surface area contributed by atoms with E-state index < -0.39 is 0 Å². The number of hydrogen-bond donors (Lipinski definition) is 1. The van der Waals surface area contributed by atoms with Crippen LogP contribution < -0.4 is 5.32 Å². The lowest BCUT2D eigenvalue weighted by Gasteiger charge is -2.19. The zero-order valence-electron chi connectivity index (χ0n) is 10.8. The number of anilines is 2. The maximum Gasteiger partial charge on any atom is 0.187 e. The molecule has 0 saturated carbocycles. The van der Waals surface area contributed by atoms with Crippen LogP contribution >= 0.6 is 22.9 Å². The molecule has 1 aromatic heterocycles. The number of alkyl halides is 1. The first-order valence-electron chi connectivity index (χ1n) is 5.87. The molecule has 1 heterocycles. The van der Waals surface area contributed by atoms with Gasteiger partial charge in [-0.15, -0.1) is 22.9 Å². The molecule has 0 amide bonds. The van der Waals surface area contributed by atoms with Crippen molar-refractivity contribution in [3.05, 3.63) is 40.9 Å². The normalized spacial score (nSPS) is 11.6. The summed E-state index contributed by atoms with van der Waals surface area (Å²) < 4.78 is 0. The number of nitrogens with zero attached hydrogens (tertiary/aromatic N) is 1. The maximum atomic E-state index is 5.73. The van der Waals surface area contributed by atoms with Crippen molar-refractivity contribution >= 4 is 33.8 Å². The predicted molar refractivity (Wildman–Crippen MR) is 80.1 cm³/mol. The Morgan fingerprint density at radius 2 is 1.89 bits per heavy atom. The van der Waals surface area contributed by atoms with Gasteiger partial charge >= 0.3 is 0 Å². The van der Waals surface area contributed by atoms with E-state index in [9.17, 15) is 0 Å². The van der Waals surface area contributed by atoms with Gasteiger partial charge in [-0.3, -0.25) is 0 Å². The summed E-state index contributed by atoms with van der Waals surface area (Å²) in [6, 6.07) is 8.47.